The molecule has 0 spiro atoms. The summed E-state index contributed by atoms with van der Waals surface area (Å²) in [6.07, 6.45) is 2.38. The number of benzene rings is 2. The minimum absolute atomic E-state index is 0.0695. The predicted octanol–water partition coefficient (Wildman–Crippen LogP) is 4.64. The van der Waals surface area contributed by atoms with Gasteiger partial charge in [-0.1, -0.05) is 44.2 Å². The molecular formula is C20H22FNO2. The van der Waals surface area contributed by atoms with E-state index in [1.54, 1.807) is 12.1 Å². The van der Waals surface area contributed by atoms with Crippen molar-refractivity contribution in [2.24, 2.45) is 0 Å². The molecule has 0 aromatic heterocycles. The van der Waals surface area contributed by atoms with Crippen LogP contribution < -0.4 is 10.1 Å². The molecule has 1 aliphatic rings. The maximum atomic E-state index is 13.9. The van der Waals surface area contributed by atoms with Gasteiger partial charge >= 0.3 is 0 Å². The summed E-state index contributed by atoms with van der Waals surface area (Å²) in [5.41, 5.74) is 0.710. The molecule has 0 radical (unpaired) electrons. The molecule has 1 aliphatic heterocycles. The molecule has 0 saturated heterocycles. The standard InChI is InChI=1S/C20H22FNO2/c1-3-20(4-2)13-17(15-10-6-8-12-18(15)24-20)22-19(23)14-9-5-7-11-16(14)21/h5-12,17H,3-4,13H2,1-2H3,(H,22,23). The fraction of sp³-hybridized carbons (Fsp3) is 0.350. The Morgan fingerprint density at radius 3 is 2.54 bits per heavy atom. The Hall–Kier alpha value is -2.36. The van der Waals surface area contributed by atoms with Crippen LogP contribution in [0.25, 0.3) is 0 Å². The lowest BCUT2D eigenvalue weighted by Gasteiger charge is -2.41. The Kier molecular flexibility index (Phi) is 4.56. The van der Waals surface area contributed by atoms with Gasteiger partial charge in [0.25, 0.3) is 5.91 Å². The van der Waals surface area contributed by atoms with E-state index >= 15 is 0 Å². The van der Waals surface area contributed by atoms with Crippen LogP contribution in [-0.4, -0.2) is 11.5 Å². The second-order valence-corrected chi connectivity index (χ2v) is 6.24. The Morgan fingerprint density at radius 1 is 1.17 bits per heavy atom. The van der Waals surface area contributed by atoms with E-state index in [0.29, 0.717) is 6.42 Å². The van der Waals surface area contributed by atoms with Crippen molar-refractivity contribution in [3.8, 4) is 5.75 Å². The topological polar surface area (TPSA) is 38.3 Å². The number of para-hydroxylation sites is 1. The van der Waals surface area contributed by atoms with Crippen molar-refractivity contribution in [2.75, 3.05) is 0 Å². The average Bonchev–Trinajstić information content (AvgIpc) is 2.61. The first-order valence-electron chi connectivity index (χ1n) is 8.42. The summed E-state index contributed by atoms with van der Waals surface area (Å²) < 4.78 is 20.1. The minimum Gasteiger partial charge on any atom is -0.487 e. The van der Waals surface area contributed by atoms with Gasteiger partial charge in [-0.2, -0.15) is 0 Å². The van der Waals surface area contributed by atoms with Crippen LogP contribution in [0.5, 0.6) is 5.75 Å². The smallest absolute Gasteiger partial charge is 0.254 e. The highest BCUT2D eigenvalue weighted by atomic mass is 19.1. The van der Waals surface area contributed by atoms with Gasteiger partial charge in [-0.15, -0.1) is 0 Å². The molecule has 1 N–H and O–H groups in total. The van der Waals surface area contributed by atoms with Crippen LogP contribution in [0.4, 0.5) is 4.39 Å². The van der Waals surface area contributed by atoms with Crippen molar-refractivity contribution in [1.29, 1.82) is 0 Å². The van der Waals surface area contributed by atoms with Gasteiger partial charge in [0.15, 0.2) is 0 Å². The number of hydrogen-bond donors (Lipinski definition) is 1. The lowest BCUT2D eigenvalue weighted by molar-refractivity contribution is 0.0227. The number of nitrogens with one attached hydrogen (secondary N) is 1. The molecule has 0 aliphatic carbocycles. The van der Waals surface area contributed by atoms with E-state index < -0.39 is 11.7 Å². The van der Waals surface area contributed by atoms with Gasteiger partial charge in [0.2, 0.25) is 0 Å². The largest absolute Gasteiger partial charge is 0.487 e. The van der Waals surface area contributed by atoms with Gasteiger partial charge in [0.1, 0.15) is 17.2 Å². The Morgan fingerprint density at radius 2 is 1.83 bits per heavy atom. The summed E-state index contributed by atoms with van der Waals surface area (Å²) >= 11 is 0. The van der Waals surface area contributed by atoms with Gasteiger partial charge in [-0.05, 0) is 31.0 Å². The summed E-state index contributed by atoms with van der Waals surface area (Å²) in [5, 5.41) is 3.00. The highest BCUT2D eigenvalue weighted by Crippen LogP contribution is 2.42. The second-order valence-electron chi connectivity index (χ2n) is 6.24. The zero-order valence-electron chi connectivity index (χ0n) is 14.0. The molecule has 2 aromatic carbocycles. The number of hydrogen-bond acceptors (Lipinski definition) is 2. The van der Waals surface area contributed by atoms with Gasteiger partial charge < -0.3 is 10.1 Å². The Bertz CT molecular complexity index is 740. The van der Waals surface area contributed by atoms with Crippen molar-refractivity contribution in [3.05, 3.63) is 65.5 Å². The average molecular weight is 327 g/mol. The second kappa shape index (κ2) is 6.63. The zero-order chi connectivity index (χ0) is 17.2. The molecule has 1 unspecified atom stereocenters. The monoisotopic (exact) mass is 327 g/mol. The SMILES string of the molecule is CCC1(CC)CC(NC(=O)c2ccccc2F)c2ccccc2O1. The van der Waals surface area contributed by atoms with Crippen LogP contribution >= 0.6 is 0 Å². The van der Waals surface area contributed by atoms with E-state index in [2.05, 4.69) is 19.2 Å². The summed E-state index contributed by atoms with van der Waals surface area (Å²) in [6, 6.07) is 13.6. The van der Waals surface area contributed by atoms with E-state index in [1.165, 1.54) is 12.1 Å². The Balaban J connectivity index is 1.91. The maximum Gasteiger partial charge on any atom is 0.254 e. The number of ether oxygens (including phenoxy) is 1. The number of carbonyl (C=O) groups is 1. The van der Waals surface area contributed by atoms with Crippen LogP contribution in [0, 0.1) is 5.82 Å². The quantitative estimate of drug-likeness (QED) is 0.888. The van der Waals surface area contributed by atoms with Gasteiger partial charge in [-0.3, -0.25) is 4.79 Å². The fourth-order valence-corrected chi connectivity index (χ4v) is 3.31. The van der Waals surface area contributed by atoms with Gasteiger partial charge in [0.05, 0.1) is 11.6 Å². The highest BCUT2D eigenvalue weighted by molar-refractivity contribution is 5.94. The van der Waals surface area contributed by atoms with Crippen LogP contribution in [0.2, 0.25) is 0 Å². The summed E-state index contributed by atoms with van der Waals surface area (Å²) in [4.78, 5) is 12.5. The van der Waals surface area contributed by atoms with Gasteiger partial charge in [-0.25, -0.2) is 4.39 Å². The summed E-state index contributed by atoms with van der Waals surface area (Å²) in [6.45, 7) is 4.18. The molecule has 4 heteroatoms. The van der Waals surface area contributed by atoms with Crippen molar-refractivity contribution >= 4 is 5.91 Å². The molecule has 24 heavy (non-hydrogen) atoms. The van der Waals surface area contributed by atoms with Crippen molar-refractivity contribution in [3.63, 3.8) is 0 Å². The summed E-state index contributed by atoms with van der Waals surface area (Å²) in [5.74, 6) is -0.102. The molecule has 3 nitrogen and oxygen atoms in total. The summed E-state index contributed by atoms with van der Waals surface area (Å²) in [7, 11) is 0. The normalized spacial score (nSPS) is 18.4. The third kappa shape index (κ3) is 3.01. The minimum atomic E-state index is -0.507. The Labute approximate surface area is 141 Å². The molecule has 0 fully saturated rings. The number of fused-ring (bicyclic) bond motifs is 1. The van der Waals surface area contributed by atoms with Crippen LogP contribution in [-0.2, 0) is 0 Å². The third-order valence-electron chi connectivity index (χ3n) is 4.91. The highest BCUT2D eigenvalue weighted by Gasteiger charge is 2.39. The predicted molar refractivity (Wildman–Crippen MR) is 91.6 cm³/mol. The molecule has 1 heterocycles. The van der Waals surface area contributed by atoms with E-state index in [-0.39, 0.29) is 17.2 Å². The lowest BCUT2D eigenvalue weighted by atomic mass is 9.83. The zero-order valence-corrected chi connectivity index (χ0v) is 14.0. The van der Waals surface area contributed by atoms with Crippen molar-refractivity contribution < 1.29 is 13.9 Å². The molecule has 0 bridgehead atoms. The van der Waals surface area contributed by atoms with Gasteiger partial charge in [0, 0.05) is 12.0 Å². The van der Waals surface area contributed by atoms with Crippen molar-refractivity contribution in [1.82, 2.24) is 5.32 Å². The van der Waals surface area contributed by atoms with Crippen LogP contribution in [0.3, 0.4) is 0 Å². The van der Waals surface area contributed by atoms with E-state index in [0.717, 1.165) is 24.2 Å². The molecular weight excluding hydrogens is 305 g/mol. The maximum absolute atomic E-state index is 13.9. The number of rotatable bonds is 4. The van der Waals surface area contributed by atoms with Crippen LogP contribution in [0.15, 0.2) is 48.5 Å². The number of amides is 1. The molecule has 2 aromatic rings. The fourth-order valence-electron chi connectivity index (χ4n) is 3.31. The van der Waals surface area contributed by atoms with Crippen LogP contribution in [0.1, 0.15) is 55.1 Å². The molecule has 1 atom stereocenters. The molecule has 3 rings (SSSR count). The molecule has 126 valence electrons. The first-order valence-corrected chi connectivity index (χ1v) is 8.42. The van der Waals surface area contributed by atoms with Crippen molar-refractivity contribution in [2.45, 2.75) is 44.8 Å². The number of halogens is 1. The third-order valence-corrected chi connectivity index (χ3v) is 4.91. The van der Waals surface area contributed by atoms with E-state index in [4.69, 9.17) is 4.74 Å². The molecule has 1 amide bonds. The van der Waals surface area contributed by atoms with E-state index in [1.807, 2.05) is 24.3 Å². The van der Waals surface area contributed by atoms with E-state index in [9.17, 15) is 9.18 Å². The number of carbonyl (C=O) groups excluding carboxylic acids is 1. The first-order chi connectivity index (χ1) is 11.6. The molecule has 0 saturated carbocycles. The first kappa shape index (κ1) is 16.5. The lowest BCUT2D eigenvalue weighted by Crippen LogP contribution is -2.44.